The molecule has 2 aromatic carbocycles. The lowest BCUT2D eigenvalue weighted by Crippen LogP contribution is -2.32. The molecule has 4 nitrogen and oxygen atoms in total. The first kappa shape index (κ1) is 17.9. The molecule has 0 aliphatic rings. The summed E-state index contributed by atoms with van der Waals surface area (Å²) in [6.07, 6.45) is 8.24. The van der Waals surface area contributed by atoms with E-state index in [1.54, 1.807) is 18.2 Å². The maximum absolute atomic E-state index is 12.0. The Hall–Kier alpha value is -3.40. The van der Waals surface area contributed by atoms with E-state index in [0.717, 1.165) is 11.1 Å². The van der Waals surface area contributed by atoms with Crippen LogP contribution < -0.4 is 10.6 Å². The first-order valence-electron chi connectivity index (χ1n) is 7.88. The van der Waals surface area contributed by atoms with Gasteiger partial charge in [0.25, 0.3) is 5.91 Å². The summed E-state index contributed by atoms with van der Waals surface area (Å²) >= 11 is 0. The predicted molar refractivity (Wildman–Crippen MR) is 101 cm³/mol. The van der Waals surface area contributed by atoms with Crippen LogP contribution in [0.3, 0.4) is 0 Å². The minimum Gasteiger partial charge on any atom is -0.354 e. The first-order chi connectivity index (χ1) is 12.2. The third-order valence-corrected chi connectivity index (χ3v) is 3.31. The van der Waals surface area contributed by atoms with E-state index in [-0.39, 0.29) is 17.5 Å². The molecule has 0 aliphatic carbocycles. The standard InChI is InChI=1S/C21H20N2O2/c1-22-21(25)19(14-8-13-17-9-4-2-5-10-17)23-20(24)16-15-18-11-6-3-7-12-18/h2-16H,1H3,(H,22,25)(H,23,24)/b13-8+,16-15?,19-14-. The van der Waals surface area contributed by atoms with Crippen LogP contribution in [-0.2, 0) is 9.59 Å². The highest BCUT2D eigenvalue weighted by molar-refractivity contribution is 6.01. The molecule has 25 heavy (non-hydrogen) atoms. The number of carbonyl (C=O) groups is 2. The van der Waals surface area contributed by atoms with Gasteiger partial charge in [0.05, 0.1) is 0 Å². The Labute approximate surface area is 147 Å². The Kier molecular flexibility index (Phi) is 6.95. The zero-order valence-corrected chi connectivity index (χ0v) is 14.0. The zero-order chi connectivity index (χ0) is 17.9. The summed E-state index contributed by atoms with van der Waals surface area (Å²) in [5.41, 5.74) is 2.09. The zero-order valence-electron chi connectivity index (χ0n) is 14.0. The van der Waals surface area contributed by atoms with Crippen LogP contribution in [0.25, 0.3) is 12.2 Å². The van der Waals surface area contributed by atoms with Gasteiger partial charge in [-0.05, 0) is 23.3 Å². The number of amides is 2. The molecule has 0 spiro atoms. The van der Waals surface area contributed by atoms with Gasteiger partial charge in [0.15, 0.2) is 0 Å². The molecule has 4 heteroatoms. The van der Waals surface area contributed by atoms with Crippen molar-refractivity contribution in [1.82, 2.24) is 10.6 Å². The number of rotatable bonds is 6. The van der Waals surface area contributed by atoms with E-state index in [9.17, 15) is 9.59 Å². The molecular weight excluding hydrogens is 312 g/mol. The van der Waals surface area contributed by atoms with Gasteiger partial charge in [-0.3, -0.25) is 9.59 Å². The maximum atomic E-state index is 12.0. The molecule has 0 saturated heterocycles. The second-order valence-corrected chi connectivity index (χ2v) is 5.16. The molecule has 0 bridgehead atoms. The second kappa shape index (κ2) is 9.67. The van der Waals surface area contributed by atoms with Gasteiger partial charge < -0.3 is 10.6 Å². The molecule has 0 atom stereocenters. The highest BCUT2D eigenvalue weighted by atomic mass is 16.2. The molecule has 0 radical (unpaired) electrons. The van der Waals surface area contributed by atoms with Crippen molar-refractivity contribution in [3.8, 4) is 0 Å². The van der Waals surface area contributed by atoms with Gasteiger partial charge in [0.2, 0.25) is 5.91 Å². The van der Waals surface area contributed by atoms with Gasteiger partial charge in [0.1, 0.15) is 5.70 Å². The monoisotopic (exact) mass is 332 g/mol. The third kappa shape index (κ3) is 6.31. The molecule has 126 valence electrons. The van der Waals surface area contributed by atoms with Gasteiger partial charge >= 0.3 is 0 Å². The van der Waals surface area contributed by atoms with Crippen LogP contribution in [0.5, 0.6) is 0 Å². The van der Waals surface area contributed by atoms with Crippen LogP contribution in [0.2, 0.25) is 0 Å². The largest absolute Gasteiger partial charge is 0.354 e. The van der Waals surface area contributed by atoms with E-state index >= 15 is 0 Å². The van der Waals surface area contributed by atoms with Gasteiger partial charge in [-0.15, -0.1) is 0 Å². The first-order valence-corrected chi connectivity index (χ1v) is 7.88. The Bertz CT molecular complexity index is 791. The summed E-state index contributed by atoms with van der Waals surface area (Å²) in [6.45, 7) is 0. The normalized spacial score (nSPS) is 11.6. The summed E-state index contributed by atoms with van der Waals surface area (Å²) in [6, 6.07) is 19.2. The van der Waals surface area contributed by atoms with E-state index in [1.165, 1.54) is 13.1 Å². The highest BCUT2D eigenvalue weighted by Crippen LogP contribution is 2.03. The van der Waals surface area contributed by atoms with Crippen molar-refractivity contribution >= 4 is 24.0 Å². The summed E-state index contributed by atoms with van der Waals surface area (Å²) < 4.78 is 0. The minimum absolute atomic E-state index is 0.178. The van der Waals surface area contributed by atoms with E-state index in [4.69, 9.17) is 0 Å². The maximum Gasteiger partial charge on any atom is 0.267 e. The van der Waals surface area contributed by atoms with Crippen LogP contribution in [0.1, 0.15) is 11.1 Å². The molecule has 2 amide bonds. The van der Waals surface area contributed by atoms with Crippen LogP contribution in [-0.4, -0.2) is 18.9 Å². The SMILES string of the molecule is CNC(=O)/C(=C/C=C/c1ccccc1)NC(=O)C=Cc1ccccc1. The number of hydrogen-bond donors (Lipinski definition) is 2. The number of carbonyl (C=O) groups excluding carboxylic acids is 2. The molecular formula is C21H20N2O2. The molecule has 0 fully saturated rings. The predicted octanol–water partition coefficient (Wildman–Crippen LogP) is 3.16. The molecule has 2 aromatic rings. The van der Waals surface area contributed by atoms with Crippen molar-refractivity contribution < 1.29 is 9.59 Å². The second-order valence-electron chi connectivity index (χ2n) is 5.16. The molecule has 2 rings (SSSR count). The summed E-state index contributed by atoms with van der Waals surface area (Å²) in [5.74, 6) is -0.731. The number of hydrogen-bond acceptors (Lipinski definition) is 2. The average Bonchev–Trinajstić information content (AvgIpc) is 2.66. The number of allylic oxidation sites excluding steroid dienone is 2. The van der Waals surface area contributed by atoms with Crippen LogP contribution in [0, 0.1) is 0 Å². The quantitative estimate of drug-likeness (QED) is 0.630. The lowest BCUT2D eigenvalue weighted by atomic mass is 10.2. The van der Waals surface area contributed by atoms with E-state index < -0.39 is 0 Å². The van der Waals surface area contributed by atoms with Crippen LogP contribution in [0.4, 0.5) is 0 Å². The summed E-state index contributed by atoms with van der Waals surface area (Å²) in [5, 5.41) is 5.11. The molecule has 0 saturated carbocycles. The lowest BCUT2D eigenvalue weighted by molar-refractivity contribution is -0.121. The van der Waals surface area contributed by atoms with Crippen LogP contribution in [0.15, 0.2) is 84.6 Å². The van der Waals surface area contributed by atoms with Crippen molar-refractivity contribution in [2.24, 2.45) is 0 Å². The van der Waals surface area contributed by atoms with Gasteiger partial charge in [-0.1, -0.05) is 72.8 Å². The fourth-order valence-corrected chi connectivity index (χ4v) is 2.04. The number of likely N-dealkylation sites (N-methyl/N-ethyl adjacent to an activating group) is 1. The van der Waals surface area contributed by atoms with Crippen LogP contribution >= 0.6 is 0 Å². The molecule has 0 unspecified atom stereocenters. The topological polar surface area (TPSA) is 58.2 Å². The Balaban J connectivity index is 2.05. The lowest BCUT2D eigenvalue weighted by Gasteiger charge is -2.05. The molecule has 2 N–H and O–H groups in total. The van der Waals surface area contributed by atoms with E-state index in [1.807, 2.05) is 66.7 Å². The summed E-state index contributed by atoms with van der Waals surface area (Å²) in [7, 11) is 1.52. The Morgan fingerprint density at radius 1 is 0.840 bits per heavy atom. The highest BCUT2D eigenvalue weighted by Gasteiger charge is 2.08. The van der Waals surface area contributed by atoms with Crippen molar-refractivity contribution in [1.29, 1.82) is 0 Å². The summed E-state index contributed by atoms with van der Waals surface area (Å²) in [4.78, 5) is 23.9. The third-order valence-electron chi connectivity index (χ3n) is 3.31. The van der Waals surface area contributed by atoms with Gasteiger partial charge in [0, 0.05) is 13.1 Å². The van der Waals surface area contributed by atoms with E-state index in [2.05, 4.69) is 10.6 Å². The smallest absolute Gasteiger partial charge is 0.267 e. The van der Waals surface area contributed by atoms with Crippen molar-refractivity contribution in [3.05, 3.63) is 95.7 Å². The van der Waals surface area contributed by atoms with E-state index in [0.29, 0.717) is 0 Å². The number of nitrogens with one attached hydrogen (secondary N) is 2. The number of benzene rings is 2. The van der Waals surface area contributed by atoms with Crippen molar-refractivity contribution in [2.45, 2.75) is 0 Å². The van der Waals surface area contributed by atoms with Crippen molar-refractivity contribution in [3.63, 3.8) is 0 Å². The Morgan fingerprint density at radius 2 is 1.40 bits per heavy atom. The fraction of sp³-hybridized carbons (Fsp3) is 0.0476. The van der Waals surface area contributed by atoms with Crippen molar-refractivity contribution in [2.75, 3.05) is 7.05 Å². The molecule has 0 heterocycles. The average molecular weight is 332 g/mol. The Morgan fingerprint density at radius 3 is 1.96 bits per heavy atom. The van der Waals surface area contributed by atoms with Gasteiger partial charge in [-0.25, -0.2) is 0 Å². The molecule has 0 aliphatic heterocycles. The fourth-order valence-electron chi connectivity index (χ4n) is 2.04. The van der Waals surface area contributed by atoms with Gasteiger partial charge in [-0.2, -0.15) is 0 Å². The molecule has 0 aromatic heterocycles. The minimum atomic E-state index is -0.369.